The number of anilines is 1. The molecule has 16 heteroatoms. The molecule has 3 aliphatic rings. The third-order valence-electron chi connectivity index (χ3n) is 9.99. The number of hydrogen-bond acceptors (Lipinski definition) is 14. The summed E-state index contributed by atoms with van der Waals surface area (Å²) in [7, 11) is 1.37. The van der Waals surface area contributed by atoms with Gasteiger partial charge >= 0.3 is 17.7 Å². The number of carboxylic acids is 1. The number of aliphatic carboxylic acids is 1. The molecule has 0 radical (unpaired) electrons. The molecule has 0 aromatic heterocycles. The van der Waals surface area contributed by atoms with Gasteiger partial charge in [-0.1, -0.05) is 32.9 Å². The number of rotatable bonds is 5. The first-order chi connectivity index (χ1) is 25.6. The molecule has 0 fully saturated rings. The van der Waals surface area contributed by atoms with Crippen molar-refractivity contribution in [3.63, 3.8) is 0 Å². The van der Waals surface area contributed by atoms with Crippen LogP contribution in [0.15, 0.2) is 42.2 Å². The molecule has 298 valence electrons. The number of allylic oxidation sites excluding steroid dienone is 2. The number of phenols is 2. The summed E-state index contributed by atoms with van der Waals surface area (Å²) >= 11 is 0. The lowest BCUT2D eigenvalue weighted by Crippen LogP contribution is -2.48. The number of carbonyl (C=O) groups is 5. The molecule has 0 saturated heterocycles. The largest absolute Gasteiger partial charge is 0.507 e. The second kappa shape index (κ2) is 16.1. The summed E-state index contributed by atoms with van der Waals surface area (Å²) in [5.74, 6) is -11.0. The van der Waals surface area contributed by atoms with Crippen molar-refractivity contribution >= 4 is 45.9 Å². The lowest BCUT2D eigenvalue weighted by atomic mass is 9.78. The number of Topliss-reactive ketones (excluding diaryl/α,β-unsaturated/α-hetero) is 2. The van der Waals surface area contributed by atoms with Crippen LogP contribution in [-0.4, -0.2) is 98.4 Å². The number of aromatic hydroxyl groups is 2. The van der Waals surface area contributed by atoms with Crippen LogP contribution in [0.3, 0.4) is 0 Å². The van der Waals surface area contributed by atoms with E-state index < -0.39 is 95.0 Å². The normalized spacial score (nSPS) is 31.2. The van der Waals surface area contributed by atoms with Crippen molar-refractivity contribution in [2.75, 3.05) is 19.0 Å². The third-order valence-corrected chi connectivity index (χ3v) is 9.99. The molecule has 5 bridgehead atoms. The number of amides is 1. The van der Waals surface area contributed by atoms with Gasteiger partial charge in [0.1, 0.15) is 29.0 Å². The molecule has 1 amide bonds. The summed E-state index contributed by atoms with van der Waals surface area (Å²) in [6, 6.07) is 1.08. The van der Waals surface area contributed by atoms with Gasteiger partial charge in [-0.2, -0.15) is 0 Å². The zero-order chi connectivity index (χ0) is 41.3. The number of fused-ring (bicyclic) bond motifs is 14. The molecule has 3 aliphatic heterocycles. The van der Waals surface area contributed by atoms with Gasteiger partial charge in [0, 0.05) is 61.3 Å². The maximum Gasteiger partial charge on any atom is 0.341 e. The summed E-state index contributed by atoms with van der Waals surface area (Å²) in [6.07, 6.45) is 2.81. The summed E-state index contributed by atoms with van der Waals surface area (Å²) in [5.41, 5.74) is -2.66. The highest BCUT2D eigenvalue weighted by atomic mass is 16.7. The fourth-order valence-corrected chi connectivity index (χ4v) is 6.77. The Morgan fingerprint density at radius 3 is 2.27 bits per heavy atom. The molecular formula is C39H47NO15. The average Bonchev–Trinajstić information content (AvgIpc) is 3.38. The van der Waals surface area contributed by atoms with Crippen molar-refractivity contribution in [2.24, 2.45) is 17.8 Å². The van der Waals surface area contributed by atoms with Crippen LogP contribution < -0.4 is 14.8 Å². The summed E-state index contributed by atoms with van der Waals surface area (Å²) in [5, 5.41) is 56.7. The van der Waals surface area contributed by atoms with Gasteiger partial charge in [-0.25, -0.2) is 4.79 Å². The molecule has 6 N–H and O–H groups in total. The molecule has 8 atom stereocenters. The van der Waals surface area contributed by atoms with Crippen LogP contribution in [0, 0.1) is 24.7 Å². The Morgan fingerprint density at radius 2 is 1.67 bits per heavy atom. The maximum atomic E-state index is 14.2. The minimum Gasteiger partial charge on any atom is -0.507 e. The van der Waals surface area contributed by atoms with Gasteiger partial charge in [-0.05, 0) is 32.9 Å². The van der Waals surface area contributed by atoms with Crippen molar-refractivity contribution in [3.05, 3.63) is 53.3 Å². The number of phenolic OH excluding ortho intramolecular Hbond substituents is 2. The Hall–Kier alpha value is -5.45. The lowest BCUT2D eigenvalue weighted by Gasteiger charge is -2.37. The maximum absolute atomic E-state index is 14.2. The molecule has 5 rings (SSSR count). The number of ether oxygens (including phenoxy) is 5. The number of carbonyl (C=O) groups excluding carboxylic acids is 4. The second-order valence-corrected chi connectivity index (χ2v) is 14.2. The van der Waals surface area contributed by atoms with Gasteiger partial charge in [0.15, 0.2) is 18.1 Å². The van der Waals surface area contributed by atoms with E-state index in [9.17, 15) is 49.5 Å². The first-order valence-corrected chi connectivity index (χ1v) is 17.4. The van der Waals surface area contributed by atoms with E-state index in [4.69, 9.17) is 23.7 Å². The van der Waals surface area contributed by atoms with Gasteiger partial charge in [-0.3, -0.25) is 19.2 Å². The SMILES string of the molecule is COC1/C=C\OC2(C)Oc3c(C)c(O)c4c(O)c(cc(OCC(=O)O)c4c3C2=O)NC(=O)/C(C)=C\C=C/C(C)(O)C(=O)C(C)C(O)C(C)C(OC(C)=O)C1C. The Balaban J connectivity index is 1.95. The summed E-state index contributed by atoms with van der Waals surface area (Å²) in [4.78, 5) is 64.8. The average molecular weight is 770 g/mol. The van der Waals surface area contributed by atoms with Crippen molar-refractivity contribution in [1.29, 1.82) is 0 Å². The number of hydrogen-bond donors (Lipinski definition) is 6. The van der Waals surface area contributed by atoms with E-state index in [0.29, 0.717) is 0 Å². The molecule has 0 spiro atoms. The predicted molar refractivity (Wildman–Crippen MR) is 196 cm³/mol. The topological polar surface area (TPSA) is 245 Å². The van der Waals surface area contributed by atoms with E-state index in [-0.39, 0.29) is 44.7 Å². The van der Waals surface area contributed by atoms with E-state index >= 15 is 0 Å². The molecule has 2 aromatic carbocycles. The number of methoxy groups -OCH3 is 1. The minimum atomic E-state index is -2.13. The van der Waals surface area contributed by atoms with E-state index in [1.54, 1.807) is 13.8 Å². The first kappa shape index (κ1) is 42.3. The van der Waals surface area contributed by atoms with Gasteiger partial charge in [-0.15, -0.1) is 0 Å². The Morgan fingerprint density at radius 1 is 1.02 bits per heavy atom. The summed E-state index contributed by atoms with van der Waals surface area (Å²) in [6.45, 7) is 10.2. The number of benzene rings is 2. The standard InChI is InChI=1S/C39H47NO15/c1-17-11-10-13-38(7,50)35(47)21(5)30(44)19(3)33(54-22(6)41)18(2)24(51-9)12-14-53-39(8)36(48)29-27-25(52-16-26(42)43)15-23(40-37(17)49)32(46)28(27)31(45)20(4)34(29)55-39/h10-15,18-19,21,24,30,33,44-46,50H,16H2,1-9H3,(H,40,49)(H,42,43)/b13-10-,14-12-,17-11-. The molecule has 8 unspecified atom stereocenters. The van der Waals surface area contributed by atoms with Gasteiger partial charge < -0.3 is 54.5 Å². The number of ketones is 2. The van der Waals surface area contributed by atoms with Crippen LogP contribution in [0.25, 0.3) is 10.8 Å². The van der Waals surface area contributed by atoms with Crippen molar-refractivity contribution < 1.29 is 73.2 Å². The van der Waals surface area contributed by atoms with Crippen molar-refractivity contribution in [3.8, 4) is 23.0 Å². The molecule has 16 nitrogen and oxygen atoms in total. The van der Waals surface area contributed by atoms with Crippen LogP contribution in [0.4, 0.5) is 5.69 Å². The monoisotopic (exact) mass is 769 g/mol. The molecular weight excluding hydrogens is 722 g/mol. The zero-order valence-corrected chi connectivity index (χ0v) is 32.0. The second-order valence-electron chi connectivity index (χ2n) is 14.2. The summed E-state index contributed by atoms with van der Waals surface area (Å²) < 4.78 is 28.7. The Bertz CT molecular complexity index is 2000. The van der Waals surface area contributed by atoms with Gasteiger partial charge in [0.05, 0.1) is 35.1 Å². The van der Waals surface area contributed by atoms with Crippen molar-refractivity contribution in [2.45, 2.75) is 85.1 Å². The van der Waals surface area contributed by atoms with Crippen LogP contribution in [0.1, 0.15) is 64.4 Å². The molecule has 0 saturated carbocycles. The smallest absolute Gasteiger partial charge is 0.341 e. The van der Waals surface area contributed by atoms with Crippen LogP contribution in [0.5, 0.6) is 23.0 Å². The number of aliphatic hydroxyl groups is 2. The molecule has 3 heterocycles. The Kier molecular flexibility index (Phi) is 12.4. The first-order valence-electron chi connectivity index (χ1n) is 17.4. The molecule has 55 heavy (non-hydrogen) atoms. The van der Waals surface area contributed by atoms with E-state index in [2.05, 4.69) is 5.32 Å². The van der Waals surface area contributed by atoms with Crippen LogP contribution in [0.2, 0.25) is 0 Å². The van der Waals surface area contributed by atoms with Gasteiger partial charge in [0.2, 0.25) is 0 Å². The van der Waals surface area contributed by atoms with Gasteiger partial charge in [0.25, 0.3) is 11.7 Å². The number of carboxylic acid groups (broad SMARTS) is 1. The van der Waals surface area contributed by atoms with Crippen molar-refractivity contribution in [1.82, 2.24) is 0 Å². The molecule has 2 aromatic rings. The molecule has 0 aliphatic carbocycles. The van der Waals surface area contributed by atoms with Crippen LogP contribution >= 0.6 is 0 Å². The fraction of sp³-hybridized carbons (Fsp3) is 0.462. The highest BCUT2D eigenvalue weighted by Crippen LogP contribution is 2.54. The third kappa shape index (κ3) is 8.30. The number of nitrogens with one attached hydrogen (secondary N) is 1. The zero-order valence-electron chi connectivity index (χ0n) is 32.0. The number of esters is 1. The van der Waals surface area contributed by atoms with E-state index in [1.165, 1.54) is 66.9 Å². The highest BCUT2D eigenvalue weighted by molar-refractivity contribution is 6.21. The minimum absolute atomic E-state index is 0.00200. The van der Waals surface area contributed by atoms with Crippen LogP contribution in [-0.2, 0) is 33.4 Å². The predicted octanol–water partition coefficient (Wildman–Crippen LogP) is 3.84. The highest BCUT2D eigenvalue weighted by Gasteiger charge is 2.50. The Labute approximate surface area is 317 Å². The fourth-order valence-electron chi connectivity index (χ4n) is 6.77. The van der Waals surface area contributed by atoms with E-state index in [0.717, 1.165) is 18.4 Å². The number of aliphatic hydroxyl groups excluding tert-OH is 1. The lowest BCUT2D eigenvalue weighted by molar-refractivity contribution is -0.160. The van der Waals surface area contributed by atoms with E-state index in [1.807, 2.05) is 0 Å². The quantitative estimate of drug-likeness (QED) is 0.187.